The molecule has 0 radical (unpaired) electrons. The van der Waals surface area contributed by atoms with Gasteiger partial charge in [0.1, 0.15) is 35.5 Å². The molecule has 1 N–H and O–H groups in total. The normalized spacial score (nSPS) is 18.6. The number of nitrogens with zero attached hydrogens (tertiary/aromatic N) is 5. The molecule has 0 unspecified atom stereocenters. The lowest BCUT2D eigenvalue weighted by Crippen LogP contribution is -2.44. The van der Waals surface area contributed by atoms with Gasteiger partial charge in [0.25, 0.3) is 0 Å². The zero-order valence-corrected chi connectivity index (χ0v) is 24.2. The number of pyridine rings is 1. The van der Waals surface area contributed by atoms with Crippen LogP contribution in [0.5, 0.6) is 0 Å². The van der Waals surface area contributed by atoms with Gasteiger partial charge in [-0.05, 0) is 66.0 Å². The van der Waals surface area contributed by atoms with E-state index in [1.54, 1.807) is 55.2 Å². The molecule has 3 aromatic heterocycles. The number of aromatic nitrogens is 4. The Bertz CT molecular complexity index is 1680. The van der Waals surface area contributed by atoms with Gasteiger partial charge in [-0.2, -0.15) is 0 Å². The Labute approximate surface area is 243 Å². The highest BCUT2D eigenvalue weighted by Gasteiger charge is 2.49. The number of benzene rings is 1. The molecule has 1 aromatic carbocycles. The van der Waals surface area contributed by atoms with Gasteiger partial charge in [-0.25, -0.2) is 23.7 Å². The number of anilines is 1. The van der Waals surface area contributed by atoms with Gasteiger partial charge in [-0.15, -0.1) is 0 Å². The molecule has 9 nitrogen and oxygen atoms in total. The molecule has 1 saturated heterocycles. The van der Waals surface area contributed by atoms with Crippen molar-refractivity contribution in [2.75, 3.05) is 18.5 Å². The summed E-state index contributed by atoms with van der Waals surface area (Å²) in [5.74, 6) is -0.558. The van der Waals surface area contributed by atoms with E-state index >= 15 is 4.39 Å². The van der Waals surface area contributed by atoms with Gasteiger partial charge in [0.05, 0.1) is 6.54 Å². The monoisotopic (exact) mass is 624 g/mol. The fraction of sp³-hybridized carbons (Fsp3) is 0.310. The van der Waals surface area contributed by atoms with Crippen molar-refractivity contribution in [3.8, 4) is 11.1 Å². The summed E-state index contributed by atoms with van der Waals surface area (Å²) < 4.78 is 31.0. The Morgan fingerprint density at radius 2 is 1.85 bits per heavy atom. The smallest absolute Gasteiger partial charge is 0.248 e. The lowest BCUT2D eigenvalue weighted by Gasteiger charge is -2.24. The minimum Gasteiger partial charge on any atom is -0.337 e. The number of halogens is 3. The minimum absolute atomic E-state index is 0.200. The summed E-state index contributed by atoms with van der Waals surface area (Å²) in [4.78, 5) is 53.1. The summed E-state index contributed by atoms with van der Waals surface area (Å²) >= 11 is 3.25. The summed E-state index contributed by atoms with van der Waals surface area (Å²) in [5, 5.41) is 3.28. The van der Waals surface area contributed by atoms with E-state index in [-0.39, 0.29) is 18.1 Å². The topological polar surface area (TPSA) is 110 Å². The van der Waals surface area contributed by atoms with Crippen LogP contribution in [0, 0.1) is 13.8 Å². The molecular formula is C29H27BrF2N6O3. The third-order valence-electron chi connectivity index (χ3n) is 7.24. The molecular weight excluding hydrogens is 598 g/mol. The summed E-state index contributed by atoms with van der Waals surface area (Å²) in [6.45, 7) is 2.78. The SMILES string of the molecule is CC(=O)c1cn(CC(=O)N2C[C@@](F)(CF)C[C@H]2C(=O)Nc2nc(Br)ccc2C)c2ccc(-c3cnc(C)nc3)cc12. The lowest BCUT2D eigenvalue weighted by molar-refractivity contribution is -0.137. The summed E-state index contributed by atoms with van der Waals surface area (Å²) in [7, 11) is 0. The molecule has 4 heterocycles. The molecule has 41 heavy (non-hydrogen) atoms. The van der Waals surface area contributed by atoms with E-state index < -0.39 is 43.2 Å². The van der Waals surface area contributed by atoms with Crippen molar-refractivity contribution in [3.05, 3.63) is 70.5 Å². The van der Waals surface area contributed by atoms with E-state index in [0.29, 0.717) is 32.5 Å². The molecule has 212 valence electrons. The first-order valence-electron chi connectivity index (χ1n) is 12.9. The number of carbonyl (C=O) groups is 3. The zero-order chi connectivity index (χ0) is 29.5. The number of Topliss-reactive ketones (excluding diaryl/α,β-unsaturated/α-hetero) is 1. The van der Waals surface area contributed by atoms with Crippen LogP contribution < -0.4 is 5.32 Å². The first-order chi connectivity index (χ1) is 19.5. The predicted molar refractivity (Wildman–Crippen MR) is 153 cm³/mol. The van der Waals surface area contributed by atoms with Gasteiger partial charge in [0.2, 0.25) is 11.8 Å². The third kappa shape index (κ3) is 5.74. The number of aryl methyl sites for hydroxylation is 2. The molecule has 0 spiro atoms. The van der Waals surface area contributed by atoms with Crippen LogP contribution in [0.2, 0.25) is 0 Å². The van der Waals surface area contributed by atoms with Crippen LogP contribution in [-0.2, 0) is 16.1 Å². The zero-order valence-electron chi connectivity index (χ0n) is 22.6. The number of nitrogens with one attached hydrogen (secondary N) is 1. The van der Waals surface area contributed by atoms with E-state index in [4.69, 9.17) is 0 Å². The highest BCUT2D eigenvalue weighted by molar-refractivity contribution is 9.10. The van der Waals surface area contributed by atoms with Gasteiger partial charge in [0.15, 0.2) is 11.5 Å². The van der Waals surface area contributed by atoms with Gasteiger partial charge in [-0.3, -0.25) is 14.4 Å². The Morgan fingerprint density at radius 3 is 2.54 bits per heavy atom. The Kier molecular flexibility index (Phi) is 7.69. The third-order valence-corrected chi connectivity index (χ3v) is 7.68. The number of fused-ring (bicyclic) bond motifs is 1. The largest absolute Gasteiger partial charge is 0.337 e. The molecule has 2 atom stereocenters. The highest BCUT2D eigenvalue weighted by atomic mass is 79.9. The fourth-order valence-electron chi connectivity index (χ4n) is 5.03. The molecule has 1 fully saturated rings. The van der Waals surface area contributed by atoms with Crippen molar-refractivity contribution in [2.45, 2.75) is 45.4 Å². The maximum atomic E-state index is 15.2. The molecule has 0 aliphatic carbocycles. The van der Waals surface area contributed by atoms with Crippen LogP contribution in [0.15, 0.2) is 53.5 Å². The Balaban J connectivity index is 1.44. The minimum atomic E-state index is -2.36. The molecule has 1 aliphatic heterocycles. The molecule has 0 bridgehead atoms. The van der Waals surface area contributed by atoms with Crippen molar-refractivity contribution in [2.24, 2.45) is 0 Å². The number of amides is 2. The maximum Gasteiger partial charge on any atom is 0.248 e. The van der Waals surface area contributed by atoms with Gasteiger partial charge >= 0.3 is 0 Å². The quantitative estimate of drug-likeness (QED) is 0.229. The van der Waals surface area contributed by atoms with Crippen molar-refractivity contribution < 1.29 is 23.2 Å². The van der Waals surface area contributed by atoms with Crippen LogP contribution in [0.1, 0.15) is 35.1 Å². The lowest BCUT2D eigenvalue weighted by atomic mass is 10.0. The van der Waals surface area contributed by atoms with Crippen LogP contribution in [-0.4, -0.2) is 66.9 Å². The maximum absolute atomic E-state index is 15.2. The number of likely N-dealkylation sites (tertiary alicyclic amines) is 1. The van der Waals surface area contributed by atoms with Crippen LogP contribution in [0.4, 0.5) is 14.6 Å². The Morgan fingerprint density at radius 1 is 1.12 bits per heavy atom. The standard InChI is InChI=1S/C29H27BrF2N6O3/c1-16-4-7-25(30)35-27(16)36-28(41)24-9-29(32,14-31)15-38(24)26(40)13-37-12-22(17(2)39)21-8-19(5-6-23(21)37)20-10-33-18(3)34-11-20/h4-8,10-12,24H,9,13-15H2,1-3H3,(H,35,36,41)/t24-,29-/m0/s1. The van der Waals surface area contributed by atoms with E-state index in [9.17, 15) is 18.8 Å². The van der Waals surface area contributed by atoms with Crippen LogP contribution in [0.3, 0.4) is 0 Å². The average molecular weight is 625 g/mol. The average Bonchev–Trinajstić information content (AvgIpc) is 3.49. The number of carbonyl (C=O) groups excluding carboxylic acids is 3. The number of ketones is 1. The first-order valence-corrected chi connectivity index (χ1v) is 13.7. The van der Waals surface area contributed by atoms with Crippen LogP contribution >= 0.6 is 15.9 Å². The second kappa shape index (κ2) is 11.1. The number of hydrogen-bond acceptors (Lipinski definition) is 6. The molecule has 1 aliphatic rings. The molecule has 2 amide bonds. The van der Waals surface area contributed by atoms with Crippen molar-refractivity contribution >= 4 is 50.2 Å². The van der Waals surface area contributed by atoms with E-state index in [1.807, 2.05) is 12.1 Å². The van der Waals surface area contributed by atoms with Gasteiger partial charge in [0, 0.05) is 47.0 Å². The van der Waals surface area contributed by atoms with E-state index in [0.717, 1.165) is 16.0 Å². The summed E-state index contributed by atoms with van der Waals surface area (Å²) in [5.41, 5.74) is 0.877. The number of alkyl halides is 2. The molecule has 0 saturated carbocycles. The van der Waals surface area contributed by atoms with E-state index in [1.165, 1.54) is 6.92 Å². The number of hydrogen-bond donors (Lipinski definition) is 1. The van der Waals surface area contributed by atoms with Gasteiger partial charge < -0.3 is 14.8 Å². The summed E-state index contributed by atoms with van der Waals surface area (Å²) in [6.07, 6.45) is 4.46. The second-order valence-electron chi connectivity index (χ2n) is 10.3. The highest BCUT2D eigenvalue weighted by Crippen LogP contribution is 2.34. The first kappa shape index (κ1) is 28.5. The molecule has 5 rings (SSSR count). The van der Waals surface area contributed by atoms with Crippen LogP contribution in [0.25, 0.3) is 22.0 Å². The fourth-order valence-corrected chi connectivity index (χ4v) is 5.34. The number of rotatable bonds is 7. The molecule has 12 heteroatoms. The predicted octanol–water partition coefficient (Wildman–Crippen LogP) is 4.99. The van der Waals surface area contributed by atoms with Crippen molar-refractivity contribution in [1.82, 2.24) is 24.4 Å². The van der Waals surface area contributed by atoms with Gasteiger partial charge in [-0.1, -0.05) is 12.1 Å². The summed E-state index contributed by atoms with van der Waals surface area (Å²) in [6, 6.07) is 7.64. The van der Waals surface area contributed by atoms with Crippen molar-refractivity contribution in [3.63, 3.8) is 0 Å². The Hall–Kier alpha value is -4.06. The van der Waals surface area contributed by atoms with E-state index in [2.05, 4.69) is 36.2 Å². The molecule has 4 aromatic rings. The van der Waals surface area contributed by atoms with Crippen molar-refractivity contribution in [1.29, 1.82) is 0 Å². The second-order valence-corrected chi connectivity index (χ2v) is 11.1.